The van der Waals surface area contributed by atoms with E-state index in [-0.39, 0.29) is 0 Å². The molecule has 1 nitrogen and oxygen atoms in total. The van der Waals surface area contributed by atoms with Crippen LogP contribution in [0.4, 0.5) is 0 Å². The number of halogens is 1. The SMILES string of the molecule is Clc1cccc(P(c2ccccc2)c2ccccc2)n1. The summed E-state index contributed by atoms with van der Waals surface area (Å²) in [6.45, 7) is 0. The van der Waals surface area contributed by atoms with Gasteiger partial charge in [0.1, 0.15) is 5.15 Å². The molecular formula is C17H13ClNP. The summed E-state index contributed by atoms with van der Waals surface area (Å²) in [6, 6.07) is 26.8. The molecule has 1 aromatic heterocycles. The van der Waals surface area contributed by atoms with E-state index in [1.807, 2.05) is 24.3 Å². The molecule has 0 saturated heterocycles. The molecule has 3 aromatic rings. The van der Waals surface area contributed by atoms with Crippen molar-refractivity contribution >= 4 is 35.6 Å². The van der Waals surface area contributed by atoms with E-state index in [4.69, 9.17) is 11.6 Å². The van der Waals surface area contributed by atoms with Gasteiger partial charge in [0.2, 0.25) is 0 Å². The van der Waals surface area contributed by atoms with Gasteiger partial charge in [0.05, 0.1) is 5.44 Å². The molecule has 0 fully saturated rings. The molecule has 3 rings (SSSR count). The topological polar surface area (TPSA) is 12.9 Å². The highest BCUT2D eigenvalue weighted by atomic mass is 35.5. The van der Waals surface area contributed by atoms with Gasteiger partial charge >= 0.3 is 0 Å². The molecule has 2 aromatic carbocycles. The zero-order valence-electron chi connectivity index (χ0n) is 10.8. The van der Waals surface area contributed by atoms with E-state index in [0.29, 0.717) is 5.15 Å². The molecule has 0 aliphatic rings. The molecule has 0 atom stereocenters. The van der Waals surface area contributed by atoms with Crippen LogP contribution in [0.5, 0.6) is 0 Å². The molecule has 0 saturated carbocycles. The van der Waals surface area contributed by atoms with Crippen molar-refractivity contribution in [2.45, 2.75) is 0 Å². The zero-order chi connectivity index (χ0) is 13.8. The van der Waals surface area contributed by atoms with Crippen LogP contribution in [-0.2, 0) is 0 Å². The maximum atomic E-state index is 6.06. The van der Waals surface area contributed by atoms with Crippen molar-refractivity contribution in [1.29, 1.82) is 0 Å². The van der Waals surface area contributed by atoms with E-state index in [1.54, 1.807) is 0 Å². The van der Waals surface area contributed by atoms with E-state index < -0.39 is 7.92 Å². The predicted molar refractivity (Wildman–Crippen MR) is 88.0 cm³/mol. The highest BCUT2D eigenvalue weighted by Crippen LogP contribution is 2.31. The molecule has 3 heteroatoms. The van der Waals surface area contributed by atoms with Crippen LogP contribution in [-0.4, -0.2) is 4.98 Å². The van der Waals surface area contributed by atoms with Crippen molar-refractivity contribution in [3.8, 4) is 0 Å². The number of aromatic nitrogens is 1. The van der Waals surface area contributed by atoms with Crippen molar-refractivity contribution in [3.05, 3.63) is 84.0 Å². The van der Waals surface area contributed by atoms with Gasteiger partial charge in [-0.05, 0) is 22.7 Å². The van der Waals surface area contributed by atoms with Gasteiger partial charge in [0.15, 0.2) is 0 Å². The summed E-state index contributed by atoms with van der Waals surface area (Å²) in [5.74, 6) is 0. The second-order valence-corrected chi connectivity index (χ2v) is 6.87. The highest BCUT2D eigenvalue weighted by molar-refractivity contribution is 7.79. The molecule has 0 radical (unpaired) electrons. The number of hydrogen-bond acceptors (Lipinski definition) is 1. The largest absolute Gasteiger partial charge is 0.236 e. The Hall–Kier alpha value is -1.69. The first-order valence-corrected chi connectivity index (χ1v) is 8.09. The van der Waals surface area contributed by atoms with E-state index in [2.05, 4.69) is 59.6 Å². The van der Waals surface area contributed by atoms with E-state index in [9.17, 15) is 0 Å². The summed E-state index contributed by atoms with van der Waals surface area (Å²) in [5.41, 5.74) is 1.03. The number of rotatable bonds is 3. The first-order chi connectivity index (χ1) is 9.84. The molecular weight excluding hydrogens is 285 g/mol. The van der Waals surface area contributed by atoms with Gasteiger partial charge in [-0.15, -0.1) is 0 Å². The minimum absolute atomic E-state index is 0.543. The van der Waals surface area contributed by atoms with Gasteiger partial charge < -0.3 is 0 Å². The molecule has 0 unspecified atom stereocenters. The molecule has 98 valence electrons. The van der Waals surface area contributed by atoms with Crippen molar-refractivity contribution in [1.82, 2.24) is 4.98 Å². The quantitative estimate of drug-likeness (QED) is 0.533. The first-order valence-electron chi connectivity index (χ1n) is 6.37. The lowest BCUT2D eigenvalue weighted by Crippen LogP contribution is -2.22. The smallest absolute Gasteiger partial charge is 0.129 e. The molecule has 0 spiro atoms. The molecule has 0 bridgehead atoms. The summed E-state index contributed by atoms with van der Waals surface area (Å²) in [6.07, 6.45) is 0. The minimum atomic E-state index is -0.658. The molecule has 1 heterocycles. The number of hydrogen-bond donors (Lipinski definition) is 0. The monoisotopic (exact) mass is 297 g/mol. The van der Waals surface area contributed by atoms with Crippen LogP contribution in [0.25, 0.3) is 0 Å². The van der Waals surface area contributed by atoms with Crippen LogP contribution in [0.2, 0.25) is 5.15 Å². The van der Waals surface area contributed by atoms with E-state index in [0.717, 1.165) is 5.44 Å². The third-order valence-corrected chi connectivity index (χ3v) is 5.51. The average Bonchev–Trinajstić information content (AvgIpc) is 2.50. The lowest BCUT2D eigenvalue weighted by Gasteiger charge is -2.18. The van der Waals surface area contributed by atoms with Crippen molar-refractivity contribution in [3.63, 3.8) is 0 Å². The van der Waals surface area contributed by atoms with Crippen molar-refractivity contribution in [2.24, 2.45) is 0 Å². The van der Waals surface area contributed by atoms with E-state index in [1.165, 1.54) is 10.6 Å². The summed E-state index contributed by atoms with van der Waals surface area (Å²) in [4.78, 5) is 4.52. The Morgan fingerprint density at radius 3 is 1.70 bits per heavy atom. The second-order valence-electron chi connectivity index (χ2n) is 4.33. The predicted octanol–water partition coefficient (Wildman–Crippen LogP) is 3.49. The fourth-order valence-electron chi connectivity index (χ4n) is 2.09. The third kappa shape index (κ3) is 2.90. The van der Waals surface area contributed by atoms with Gasteiger partial charge in [-0.1, -0.05) is 78.3 Å². The number of benzene rings is 2. The van der Waals surface area contributed by atoms with Crippen LogP contribution < -0.4 is 16.0 Å². The molecule has 0 amide bonds. The first kappa shape index (κ1) is 13.3. The minimum Gasteiger partial charge on any atom is -0.236 e. The van der Waals surface area contributed by atoms with Gasteiger partial charge in [0.25, 0.3) is 0 Å². The zero-order valence-corrected chi connectivity index (χ0v) is 12.4. The van der Waals surface area contributed by atoms with Crippen LogP contribution in [0, 0.1) is 0 Å². The molecule has 20 heavy (non-hydrogen) atoms. The Bertz CT molecular complexity index is 646. The Morgan fingerprint density at radius 1 is 0.650 bits per heavy atom. The van der Waals surface area contributed by atoms with Gasteiger partial charge in [0, 0.05) is 7.92 Å². The molecule has 0 N–H and O–H groups in total. The normalized spacial score (nSPS) is 10.7. The Kier molecular flexibility index (Phi) is 4.11. The van der Waals surface area contributed by atoms with Crippen LogP contribution in [0.3, 0.4) is 0 Å². The Labute approximate surface area is 125 Å². The van der Waals surface area contributed by atoms with Gasteiger partial charge in [-0.2, -0.15) is 0 Å². The Balaban J connectivity index is 2.14. The summed E-state index contributed by atoms with van der Waals surface area (Å²) < 4.78 is 0. The Morgan fingerprint density at radius 2 is 1.20 bits per heavy atom. The van der Waals surface area contributed by atoms with E-state index >= 15 is 0 Å². The fraction of sp³-hybridized carbons (Fsp3) is 0. The van der Waals surface area contributed by atoms with Crippen LogP contribution >= 0.6 is 19.5 Å². The van der Waals surface area contributed by atoms with Gasteiger partial charge in [-0.25, -0.2) is 4.98 Å². The summed E-state index contributed by atoms with van der Waals surface area (Å²) >= 11 is 6.06. The van der Waals surface area contributed by atoms with Crippen molar-refractivity contribution < 1.29 is 0 Å². The number of nitrogens with zero attached hydrogens (tertiary/aromatic N) is 1. The average molecular weight is 298 g/mol. The van der Waals surface area contributed by atoms with Gasteiger partial charge in [-0.3, -0.25) is 0 Å². The lowest BCUT2D eigenvalue weighted by atomic mass is 10.4. The fourth-order valence-corrected chi connectivity index (χ4v) is 4.52. The third-order valence-electron chi connectivity index (χ3n) is 2.96. The van der Waals surface area contributed by atoms with Crippen LogP contribution in [0.15, 0.2) is 78.9 Å². The second kappa shape index (κ2) is 6.17. The standard InChI is InChI=1S/C17H13ClNP/c18-16-12-7-13-17(19-16)20(14-8-3-1-4-9-14)15-10-5-2-6-11-15/h1-13H. The number of pyridine rings is 1. The highest BCUT2D eigenvalue weighted by Gasteiger charge is 2.17. The van der Waals surface area contributed by atoms with Crippen LogP contribution in [0.1, 0.15) is 0 Å². The van der Waals surface area contributed by atoms with Crippen molar-refractivity contribution in [2.75, 3.05) is 0 Å². The summed E-state index contributed by atoms with van der Waals surface area (Å²) in [7, 11) is -0.658. The maximum Gasteiger partial charge on any atom is 0.129 e. The lowest BCUT2D eigenvalue weighted by molar-refractivity contribution is 1.39. The molecule has 0 aliphatic heterocycles. The maximum absolute atomic E-state index is 6.06. The molecule has 0 aliphatic carbocycles. The summed E-state index contributed by atoms with van der Waals surface area (Å²) in [5, 5.41) is 3.11.